The third kappa shape index (κ3) is 3.72. The molecule has 2 rings (SSSR count). The molecule has 1 unspecified atom stereocenters. The Labute approximate surface area is 111 Å². The van der Waals surface area contributed by atoms with Gasteiger partial charge in [0, 0.05) is 18.4 Å². The van der Waals surface area contributed by atoms with Crippen molar-refractivity contribution in [1.82, 2.24) is 9.97 Å². The van der Waals surface area contributed by atoms with Gasteiger partial charge < -0.3 is 10.5 Å². The fraction of sp³-hybridized carbons (Fsp3) is 0.286. The van der Waals surface area contributed by atoms with Gasteiger partial charge in [-0.25, -0.2) is 14.4 Å². The largest absolute Gasteiger partial charge is 0.421 e. The van der Waals surface area contributed by atoms with Crippen LogP contribution in [0.4, 0.5) is 4.39 Å². The second-order valence-corrected chi connectivity index (χ2v) is 4.59. The first-order chi connectivity index (χ1) is 9.04. The second-order valence-electron chi connectivity index (χ2n) is 4.59. The van der Waals surface area contributed by atoms with Crippen molar-refractivity contribution < 1.29 is 9.13 Å². The summed E-state index contributed by atoms with van der Waals surface area (Å²) in [5.41, 5.74) is 7.52. The molecule has 0 amide bonds. The van der Waals surface area contributed by atoms with Gasteiger partial charge >= 0.3 is 6.01 Å². The summed E-state index contributed by atoms with van der Waals surface area (Å²) in [5, 5.41) is 0. The summed E-state index contributed by atoms with van der Waals surface area (Å²) in [7, 11) is 0. The Balaban J connectivity index is 2.13. The minimum Gasteiger partial charge on any atom is -0.421 e. The van der Waals surface area contributed by atoms with E-state index in [0.29, 0.717) is 6.42 Å². The van der Waals surface area contributed by atoms with E-state index in [9.17, 15) is 4.39 Å². The molecule has 2 N–H and O–H groups in total. The molecule has 1 atom stereocenters. The van der Waals surface area contributed by atoms with Crippen LogP contribution in [0.1, 0.15) is 18.1 Å². The van der Waals surface area contributed by atoms with E-state index >= 15 is 0 Å². The zero-order valence-electron chi connectivity index (χ0n) is 10.9. The predicted molar refractivity (Wildman–Crippen MR) is 70.6 cm³/mol. The second kappa shape index (κ2) is 5.75. The lowest BCUT2D eigenvalue weighted by Gasteiger charge is -2.07. The lowest BCUT2D eigenvalue weighted by Crippen LogP contribution is -2.17. The average Bonchev–Trinajstić information content (AvgIpc) is 2.35. The van der Waals surface area contributed by atoms with Crippen molar-refractivity contribution in [3.63, 3.8) is 0 Å². The smallest absolute Gasteiger partial charge is 0.321 e. The fourth-order valence-corrected chi connectivity index (χ4v) is 1.66. The lowest BCUT2D eigenvalue weighted by molar-refractivity contribution is 0.410. The molecule has 0 aliphatic carbocycles. The van der Waals surface area contributed by atoms with Gasteiger partial charge in [0.25, 0.3) is 0 Å². The van der Waals surface area contributed by atoms with Crippen molar-refractivity contribution in [3.05, 3.63) is 47.5 Å². The fourth-order valence-electron chi connectivity index (χ4n) is 1.66. The quantitative estimate of drug-likeness (QED) is 0.919. The first-order valence-corrected chi connectivity index (χ1v) is 6.05. The Hall–Kier alpha value is -2.01. The highest BCUT2D eigenvalue weighted by atomic mass is 19.1. The van der Waals surface area contributed by atoms with Crippen LogP contribution < -0.4 is 10.5 Å². The molecule has 2 aromatic rings. The number of nitrogens with two attached hydrogens (primary N) is 1. The SMILES string of the molecule is Cc1ccc(F)c(Oc2ncc(CC(C)N)cn2)c1. The lowest BCUT2D eigenvalue weighted by atomic mass is 10.1. The molecule has 5 heteroatoms. The monoisotopic (exact) mass is 261 g/mol. The van der Waals surface area contributed by atoms with Gasteiger partial charge in [-0.3, -0.25) is 0 Å². The number of nitrogens with zero attached hydrogens (tertiary/aromatic N) is 2. The van der Waals surface area contributed by atoms with Gasteiger partial charge in [-0.05, 0) is 43.5 Å². The van der Waals surface area contributed by atoms with Gasteiger partial charge in [0.15, 0.2) is 11.6 Å². The summed E-state index contributed by atoms with van der Waals surface area (Å²) in [5.74, 6) is -0.311. The molecule has 1 heterocycles. The highest BCUT2D eigenvalue weighted by molar-refractivity contribution is 5.31. The van der Waals surface area contributed by atoms with E-state index in [0.717, 1.165) is 11.1 Å². The Morgan fingerprint density at radius 1 is 1.32 bits per heavy atom. The van der Waals surface area contributed by atoms with Gasteiger partial charge in [0.1, 0.15) is 0 Å². The molecular weight excluding hydrogens is 245 g/mol. The molecule has 0 saturated heterocycles. The molecule has 0 bridgehead atoms. The summed E-state index contributed by atoms with van der Waals surface area (Å²) in [6.07, 6.45) is 3.97. The molecule has 0 saturated carbocycles. The maximum absolute atomic E-state index is 13.5. The first-order valence-electron chi connectivity index (χ1n) is 6.05. The number of rotatable bonds is 4. The maximum Gasteiger partial charge on any atom is 0.321 e. The molecule has 4 nitrogen and oxygen atoms in total. The summed E-state index contributed by atoms with van der Waals surface area (Å²) in [6.45, 7) is 3.77. The number of halogens is 1. The van der Waals surface area contributed by atoms with E-state index in [-0.39, 0.29) is 17.8 Å². The molecule has 1 aromatic heterocycles. The molecule has 0 spiro atoms. The Morgan fingerprint density at radius 3 is 2.63 bits per heavy atom. The normalized spacial score (nSPS) is 12.2. The van der Waals surface area contributed by atoms with E-state index in [1.807, 2.05) is 13.8 Å². The minimum absolute atomic E-state index is 0.0459. The summed E-state index contributed by atoms with van der Waals surface area (Å²) < 4.78 is 18.8. The van der Waals surface area contributed by atoms with Crippen LogP contribution in [0.2, 0.25) is 0 Å². The van der Waals surface area contributed by atoms with Crippen molar-refractivity contribution >= 4 is 0 Å². The van der Waals surface area contributed by atoms with Crippen LogP contribution in [-0.4, -0.2) is 16.0 Å². The van der Waals surface area contributed by atoms with Crippen LogP contribution >= 0.6 is 0 Å². The van der Waals surface area contributed by atoms with Gasteiger partial charge in [-0.2, -0.15) is 0 Å². The Bertz CT molecular complexity index is 555. The molecule has 0 aliphatic rings. The van der Waals surface area contributed by atoms with Crippen LogP contribution in [0.25, 0.3) is 0 Å². The van der Waals surface area contributed by atoms with E-state index in [2.05, 4.69) is 9.97 Å². The van der Waals surface area contributed by atoms with Crippen LogP contribution in [0.3, 0.4) is 0 Å². The van der Waals surface area contributed by atoms with Crippen molar-refractivity contribution in [2.75, 3.05) is 0 Å². The Morgan fingerprint density at radius 2 is 2.00 bits per heavy atom. The van der Waals surface area contributed by atoms with E-state index < -0.39 is 5.82 Å². The van der Waals surface area contributed by atoms with Crippen LogP contribution in [-0.2, 0) is 6.42 Å². The Kier molecular flexibility index (Phi) is 4.06. The van der Waals surface area contributed by atoms with E-state index in [1.165, 1.54) is 6.07 Å². The number of hydrogen-bond donors (Lipinski definition) is 1. The molecular formula is C14H16FN3O. The zero-order chi connectivity index (χ0) is 13.8. The van der Waals surface area contributed by atoms with E-state index in [1.54, 1.807) is 24.5 Å². The summed E-state index contributed by atoms with van der Waals surface area (Å²) >= 11 is 0. The van der Waals surface area contributed by atoms with Crippen molar-refractivity contribution in [2.45, 2.75) is 26.3 Å². The summed E-state index contributed by atoms with van der Waals surface area (Å²) in [4.78, 5) is 8.08. The molecule has 1 aromatic carbocycles. The number of ether oxygens (including phenoxy) is 1. The highest BCUT2D eigenvalue weighted by Crippen LogP contribution is 2.22. The molecule has 0 aliphatic heterocycles. The predicted octanol–water partition coefficient (Wildman–Crippen LogP) is 2.61. The standard InChI is InChI=1S/C14H16FN3O/c1-9-3-4-12(15)13(5-9)19-14-17-7-11(8-18-14)6-10(2)16/h3-5,7-8,10H,6,16H2,1-2H3. The third-order valence-corrected chi connectivity index (χ3v) is 2.53. The minimum atomic E-state index is -0.436. The van der Waals surface area contributed by atoms with Crippen molar-refractivity contribution in [1.29, 1.82) is 0 Å². The highest BCUT2D eigenvalue weighted by Gasteiger charge is 2.07. The van der Waals surface area contributed by atoms with E-state index in [4.69, 9.17) is 10.5 Å². The van der Waals surface area contributed by atoms with Gasteiger partial charge in [-0.1, -0.05) is 6.07 Å². The van der Waals surface area contributed by atoms with Gasteiger partial charge in [0.05, 0.1) is 0 Å². The van der Waals surface area contributed by atoms with Crippen molar-refractivity contribution in [3.8, 4) is 11.8 Å². The zero-order valence-corrected chi connectivity index (χ0v) is 10.9. The topological polar surface area (TPSA) is 61.0 Å². The van der Waals surface area contributed by atoms with Crippen LogP contribution in [0, 0.1) is 12.7 Å². The van der Waals surface area contributed by atoms with Gasteiger partial charge in [-0.15, -0.1) is 0 Å². The number of hydrogen-bond acceptors (Lipinski definition) is 4. The number of benzene rings is 1. The number of aromatic nitrogens is 2. The molecule has 100 valence electrons. The number of aryl methyl sites for hydroxylation is 1. The first kappa shape index (κ1) is 13.4. The molecule has 0 fully saturated rings. The van der Waals surface area contributed by atoms with Crippen molar-refractivity contribution in [2.24, 2.45) is 5.73 Å². The average molecular weight is 261 g/mol. The maximum atomic E-state index is 13.5. The summed E-state index contributed by atoms with van der Waals surface area (Å²) in [6, 6.07) is 4.81. The van der Waals surface area contributed by atoms with Crippen LogP contribution in [0.5, 0.6) is 11.8 Å². The third-order valence-electron chi connectivity index (χ3n) is 2.53. The molecule has 0 radical (unpaired) electrons. The van der Waals surface area contributed by atoms with Gasteiger partial charge in [0.2, 0.25) is 0 Å². The molecule has 19 heavy (non-hydrogen) atoms. The van der Waals surface area contributed by atoms with Crippen LogP contribution in [0.15, 0.2) is 30.6 Å².